The lowest BCUT2D eigenvalue weighted by atomic mass is 10.1. The van der Waals surface area contributed by atoms with E-state index in [0.29, 0.717) is 5.75 Å². The zero-order valence-electron chi connectivity index (χ0n) is 19.0. The highest BCUT2D eigenvalue weighted by Crippen LogP contribution is 2.29. The Morgan fingerprint density at radius 3 is 2.52 bits per heavy atom. The number of ether oxygens (including phenoxy) is 1. The molecule has 1 aliphatic carbocycles. The van der Waals surface area contributed by atoms with Crippen LogP contribution >= 0.6 is 0 Å². The van der Waals surface area contributed by atoms with Gasteiger partial charge in [-0.3, -0.25) is 18.7 Å². The van der Waals surface area contributed by atoms with Gasteiger partial charge in [-0.05, 0) is 37.0 Å². The molecule has 0 atom stereocenters. The van der Waals surface area contributed by atoms with Gasteiger partial charge in [0.15, 0.2) is 5.78 Å². The molecule has 0 saturated heterocycles. The first kappa shape index (κ1) is 24.5. The van der Waals surface area contributed by atoms with Gasteiger partial charge in [-0.1, -0.05) is 13.8 Å². The first-order valence-corrected chi connectivity index (χ1v) is 12.0. The first-order valence-electron chi connectivity index (χ1n) is 10.5. The Kier molecular flexibility index (Phi) is 6.98. The van der Waals surface area contributed by atoms with E-state index in [9.17, 15) is 22.8 Å². The highest BCUT2D eigenvalue weighted by atomic mass is 32.2. The molecule has 1 aromatic heterocycles. The maximum absolute atomic E-state index is 13.0. The number of carbonyl (C=O) groups is 1. The number of anilines is 2. The lowest BCUT2D eigenvalue weighted by Crippen LogP contribution is -2.43. The van der Waals surface area contributed by atoms with Gasteiger partial charge in [0, 0.05) is 19.6 Å². The fourth-order valence-electron chi connectivity index (χ4n) is 3.33. The molecule has 1 saturated carbocycles. The second-order valence-electron chi connectivity index (χ2n) is 8.45. The van der Waals surface area contributed by atoms with Crippen molar-refractivity contribution in [1.29, 1.82) is 0 Å². The number of carbonyl (C=O) groups excluding carboxylic acids is 1. The van der Waals surface area contributed by atoms with Gasteiger partial charge in [-0.2, -0.15) is 0 Å². The summed E-state index contributed by atoms with van der Waals surface area (Å²) in [5, 5.41) is 2.83. The van der Waals surface area contributed by atoms with Crippen LogP contribution in [0, 0.1) is 5.92 Å². The van der Waals surface area contributed by atoms with Crippen LogP contribution in [0.5, 0.6) is 5.75 Å². The summed E-state index contributed by atoms with van der Waals surface area (Å²) in [4.78, 5) is 38.0. The number of hydrogen-bond acceptors (Lipinski definition) is 8. The summed E-state index contributed by atoms with van der Waals surface area (Å²) in [6.07, 6.45) is 1.59. The molecule has 0 unspecified atom stereocenters. The van der Waals surface area contributed by atoms with E-state index in [0.717, 1.165) is 17.4 Å². The third-order valence-electron chi connectivity index (χ3n) is 5.23. The van der Waals surface area contributed by atoms with Crippen molar-refractivity contribution in [2.24, 2.45) is 13.0 Å². The molecule has 180 valence electrons. The summed E-state index contributed by atoms with van der Waals surface area (Å²) in [7, 11) is -1.02. The van der Waals surface area contributed by atoms with Crippen LogP contribution in [-0.2, 0) is 23.6 Å². The monoisotopic (exact) mass is 479 g/mol. The number of Topliss-reactive ketones (excluding diaryl/α,β-unsaturated/α-hetero) is 1. The summed E-state index contributed by atoms with van der Waals surface area (Å²) in [6.45, 7) is 3.64. The highest BCUT2D eigenvalue weighted by Gasteiger charge is 2.28. The summed E-state index contributed by atoms with van der Waals surface area (Å²) >= 11 is 0. The Morgan fingerprint density at radius 1 is 1.27 bits per heavy atom. The number of nitrogens with zero attached hydrogens (tertiary/aromatic N) is 2. The Hall–Kier alpha value is -3.12. The predicted molar refractivity (Wildman–Crippen MR) is 124 cm³/mol. The maximum Gasteiger partial charge on any atom is 0.332 e. The van der Waals surface area contributed by atoms with Gasteiger partial charge in [-0.15, -0.1) is 0 Å². The average Bonchev–Trinajstić information content (AvgIpc) is 3.56. The molecule has 11 nitrogen and oxygen atoms in total. The molecule has 2 aromatic rings. The van der Waals surface area contributed by atoms with Gasteiger partial charge < -0.3 is 15.8 Å². The number of nitrogens with one attached hydrogen (secondary N) is 2. The fourth-order valence-corrected chi connectivity index (χ4v) is 4.66. The Bertz CT molecular complexity index is 1290. The van der Waals surface area contributed by atoms with Crippen LogP contribution < -0.4 is 31.8 Å². The first-order chi connectivity index (χ1) is 15.5. The summed E-state index contributed by atoms with van der Waals surface area (Å²) in [5.41, 5.74) is 4.62. The third kappa shape index (κ3) is 5.28. The minimum Gasteiger partial charge on any atom is -0.495 e. The normalized spacial score (nSPS) is 13.8. The molecule has 3 rings (SSSR count). The Morgan fingerprint density at radius 2 is 1.94 bits per heavy atom. The van der Waals surface area contributed by atoms with Gasteiger partial charge in [0.05, 0.1) is 24.2 Å². The molecule has 0 bridgehead atoms. The molecule has 0 aliphatic heterocycles. The molecule has 12 heteroatoms. The largest absolute Gasteiger partial charge is 0.495 e. The van der Waals surface area contributed by atoms with E-state index < -0.39 is 27.1 Å². The summed E-state index contributed by atoms with van der Waals surface area (Å²) < 4.78 is 35.0. The Balaban J connectivity index is 1.91. The van der Waals surface area contributed by atoms with Crippen LogP contribution in [-0.4, -0.2) is 43.0 Å². The quantitative estimate of drug-likeness (QED) is 0.417. The molecule has 1 fully saturated rings. The van der Waals surface area contributed by atoms with Crippen LogP contribution in [0.15, 0.2) is 32.7 Å². The fraction of sp³-hybridized carbons (Fsp3) is 0.476. The van der Waals surface area contributed by atoms with E-state index in [1.54, 1.807) is 0 Å². The summed E-state index contributed by atoms with van der Waals surface area (Å²) in [5.74, 6) is -0.460. The van der Waals surface area contributed by atoms with Gasteiger partial charge >= 0.3 is 5.69 Å². The van der Waals surface area contributed by atoms with Crippen molar-refractivity contribution in [3.8, 4) is 5.75 Å². The second kappa shape index (κ2) is 9.40. The molecule has 33 heavy (non-hydrogen) atoms. The zero-order chi connectivity index (χ0) is 24.5. The standard InChI is InChI=1S/C21H29N5O6S/c1-12(2)11-26-19(22)18(20(28)25(3)21(26)29)16(27)10-23-15-9-14(7-8-17(15)32-4)33(30,31)24-13-5-6-13/h7-9,12-13,23-24H,5-6,10-11,22H2,1-4H3. The maximum atomic E-state index is 13.0. The van der Waals surface area contributed by atoms with Crippen LogP contribution in [0.3, 0.4) is 0 Å². The lowest BCUT2D eigenvalue weighted by Gasteiger charge is -2.17. The molecule has 1 heterocycles. The van der Waals surface area contributed by atoms with E-state index >= 15 is 0 Å². The molecule has 1 aliphatic rings. The number of nitrogen functional groups attached to an aromatic ring is 1. The van der Waals surface area contributed by atoms with E-state index in [4.69, 9.17) is 10.5 Å². The van der Waals surface area contributed by atoms with Crippen LogP contribution in [0.1, 0.15) is 37.0 Å². The minimum atomic E-state index is -3.72. The minimum absolute atomic E-state index is 0.0195. The van der Waals surface area contributed by atoms with Crippen molar-refractivity contribution in [2.75, 3.05) is 24.7 Å². The van der Waals surface area contributed by atoms with Crippen molar-refractivity contribution < 1.29 is 17.9 Å². The lowest BCUT2D eigenvalue weighted by molar-refractivity contribution is 0.100. The number of sulfonamides is 1. The van der Waals surface area contributed by atoms with Gasteiger partial charge in [0.1, 0.15) is 17.1 Å². The zero-order valence-corrected chi connectivity index (χ0v) is 19.9. The predicted octanol–water partition coefficient (Wildman–Crippen LogP) is 0.529. The second-order valence-corrected chi connectivity index (χ2v) is 10.2. The van der Waals surface area contributed by atoms with E-state index in [1.807, 2.05) is 13.8 Å². The molecule has 0 radical (unpaired) electrons. The third-order valence-corrected chi connectivity index (χ3v) is 6.75. The molecule has 0 amide bonds. The summed E-state index contributed by atoms with van der Waals surface area (Å²) in [6, 6.07) is 4.19. The van der Waals surface area contributed by atoms with E-state index in [1.165, 1.54) is 36.9 Å². The number of nitrogens with two attached hydrogens (primary N) is 1. The average molecular weight is 480 g/mol. The molecule has 0 spiro atoms. The Labute approximate surface area is 191 Å². The molecular formula is C21H29N5O6S. The smallest absolute Gasteiger partial charge is 0.332 e. The van der Waals surface area contributed by atoms with Crippen LogP contribution in [0.2, 0.25) is 0 Å². The SMILES string of the molecule is COc1ccc(S(=O)(=O)NC2CC2)cc1NCC(=O)c1c(N)n(CC(C)C)c(=O)n(C)c1=O. The van der Waals surface area contributed by atoms with Crippen molar-refractivity contribution >= 4 is 27.3 Å². The van der Waals surface area contributed by atoms with Crippen molar-refractivity contribution in [3.63, 3.8) is 0 Å². The number of methoxy groups -OCH3 is 1. The number of benzene rings is 1. The van der Waals surface area contributed by atoms with Crippen molar-refractivity contribution in [3.05, 3.63) is 44.6 Å². The van der Waals surface area contributed by atoms with Gasteiger partial charge in [-0.25, -0.2) is 17.9 Å². The van der Waals surface area contributed by atoms with E-state index in [2.05, 4.69) is 10.0 Å². The number of hydrogen-bond donors (Lipinski definition) is 3. The van der Waals surface area contributed by atoms with E-state index in [-0.39, 0.29) is 47.0 Å². The molecular weight excluding hydrogens is 450 g/mol. The van der Waals surface area contributed by atoms with Crippen LogP contribution in [0.25, 0.3) is 0 Å². The van der Waals surface area contributed by atoms with Crippen molar-refractivity contribution in [2.45, 2.75) is 44.2 Å². The highest BCUT2D eigenvalue weighted by molar-refractivity contribution is 7.89. The topological polar surface area (TPSA) is 155 Å². The van der Waals surface area contributed by atoms with Crippen LogP contribution in [0.4, 0.5) is 11.5 Å². The molecule has 1 aromatic carbocycles. The van der Waals surface area contributed by atoms with Crippen molar-refractivity contribution in [1.82, 2.24) is 13.9 Å². The van der Waals surface area contributed by atoms with Gasteiger partial charge in [0.25, 0.3) is 5.56 Å². The number of rotatable bonds is 10. The molecule has 4 N–H and O–H groups in total. The van der Waals surface area contributed by atoms with Gasteiger partial charge in [0.2, 0.25) is 10.0 Å². The number of aromatic nitrogens is 2. The number of ketones is 1.